The molecule has 1 atom stereocenters. The molecular weight excluding hydrogens is 186 g/mol. The van der Waals surface area contributed by atoms with Crippen LogP contribution in [0.4, 0.5) is 0 Å². The smallest absolute Gasteiger partial charge is 0.119 e. The van der Waals surface area contributed by atoms with Gasteiger partial charge in [-0.3, -0.25) is 5.32 Å². The van der Waals surface area contributed by atoms with Crippen LogP contribution in [0.3, 0.4) is 0 Å². The van der Waals surface area contributed by atoms with Gasteiger partial charge in [0.15, 0.2) is 0 Å². The summed E-state index contributed by atoms with van der Waals surface area (Å²) in [6.07, 6.45) is 8.84. The Morgan fingerprint density at radius 3 is 2.33 bits per heavy atom. The summed E-state index contributed by atoms with van der Waals surface area (Å²) >= 11 is 0. The molecule has 1 aliphatic rings. The highest BCUT2D eigenvalue weighted by molar-refractivity contribution is 4.83. The Kier molecular flexibility index (Phi) is 5.62. The lowest BCUT2D eigenvalue weighted by atomic mass is 9.97. The van der Waals surface area contributed by atoms with Crippen molar-refractivity contribution in [3.05, 3.63) is 0 Å². The van der Waals surface area contributed by atoms with Gasteiger partial charge in [-0.1, -0.05) is 40.0 Å². The van der Waals surface area contributed by atoms with Gasteiger partial charge in [0.25, 0.3) is 0 Å². The van der Waals surface area contributed by atoms with Crippen molar-refractivity contribution in [2.45, 2.75) is 77.5 Å². The fourth-order valence-electron chi connectivity index (χ4n) is 2.63. The highest BCUT2D eigenvalue weighted by Gasteiger charge is 2.34. The van der Waals surface area contributed by atoms with E-state index in [1.165, 1.54) is 32.1 Å². The first kappa shape index (κ1) is 13.0. The van der Waals surface area contributed by atoms with E-state index in [9.17, 15) is 0 Å². The van der Waals surface area contributed by atoms with Crippen molar-refractivity contribution in [3.8, 4) is 0 Å². The van der Waals surface area contributed by atoms with E-state index < -0.39 is 0 Å². The van der Waals surface area contributed by atoms with E-state index in [-0.39, 0.29) is 5.72 Å². The number of hydrogen-bond donors (Lipinski definition) is 1. The maximum atomic E-state index is 6.28. The Morgan fingerprint density at radius 1 is 1.13 bits per heavy atom. The molecule has 0 bridgehead atoms. The van der Waals surface area contributed by atoms with Crippen LogP contribution in [0.25, 0.3) is 0 Å². The Labute approximate surface area is 94.8 Å². The first-order valence-corrected chi connectivity index (χ1v) is 6.69. The molecule has 1 N–H and O–H groups in total. The second-order valence-electron chi connectivity index (χ2n) is 4.74. The SMILES string of the molecule is CCCC1CCNC(CCC)(CCC)O1. The maximum Gasteiger partial charge on any atom is 0.119 e. The van der Waals surface area contributed by atoms with E-state index in [0.29, 0.717) is 6.10 Å². The largest absolute Gasteiger partial charge is 0.357 e. The first-order chi connectivity index (χ1) is 7.26. The highest BCUT2D eigenvalue weighted by atomic mass is 16.5. The average molecular weight is 213 g/mol. The molecule has 1 fully saturated rings. The molecule has 2 nitrogen and oxygen atoms in total. The van der Waals surface area contributed by atoms with Crippen LogP contribution in [-0.2, 0) is 4.74 Å². The summed E-state index contributed by atoms with van der Waals surface area (Å²) in [6, 6.07) is 0. The summed E-state index contributed by atoms with van der Waals surface area (Å²) in [6.45, 7) is 7.86. The van der Waals surface area contributed by atoms with Crippen LogP contribution in [-0.4, -0.2) is 18.4 Å². The minimum Gasteiger partial charge on any atom is -0.357 e. The summed E-state index contributed by atoms with van der Waals surface area (Å²) < 4.78 is 6.28. The fourth-order valence-corrected chi connectivity index (χ4v) is 2.63. The van der Waals surface area contributed by atoms with Crippen LogP contribution >= 0.6 is 0 Å². The Hall–Kier alpha value is -0.0800. The molecule has 0 saturated carbocycles. The summed E-state index contributed by atoms with van der Waals surface area (Å²) in [5.41, 5.74) is 0.00157. The van der Waals surface area contributed by atoms with E-state index in [1.54, 1.807) is 0 Å². The molecular formula is C13H27NO. The van der Waals surface area contributed by atoms with E-state index in [1.807, 2.05) is 0 Å². The van der Waals surface area contributed by atoms with Crippen LogP contribution in [0.15, 0.2) is 0 Å². The first-order valence-electron chi connectivity index (χ1n) is 6.69. The lowest BCUT2D eigenvalue weighted by molar-refractivity contribution is -0.153. The quantitative estimate of drug-likeness (QED) is 0.729. The van der Waals surface area contributed by atoms with Crippen molar-refractivity contribution in [2.24, 2.45) is 0 Å². The van der Waals surface area contributed by atoms with Crippen LogP contribution < -0.4 is 5.32 Å². The van der Waals surface area contributed by atoms with Crippen molar-refractivity contribution >= 4 is 0 Å². The van der Waals surface area contributed by atoms with Crippen molar-refractivity contribution in [3.63, 3.8) is 0 Å². The highest BCUT2D eigenvalue weighted by Crippen LogP contribution is 2.28. The van der Waals surface area contributed by atoms with Gasteiger partial charge in [-0.2, -0.15) is 0 Å². The second kappa shape index (κ2) is 6.49. The topological polar surface area (TPSA) is 21.3 Å². The van der Waals surface area contributed by atoms with Gasteiger partial charge in [0, 0.05) is 6.54 Å². The van der Waals surface area contributed by atoms with Crippen LogP contribution in [0.1, 0.15) is 65.7 Å². The van der Waals surface area contributed by atoms with Gasteiger partial charge in [0.05, 0.1) is 6.10 Å². The fraction of sp³-hybridized carbons (Fsp3) is 1.00. The molecule has 2 heteroatoms. The summed E-state index contributed by atoms with van der Waals surface area (Å²) in [4.78, 5) is 0. The molecule has 1 saturated heterocycles. The maximum absolute atomic E-state index is 6.28. The molecule has 1 heterocycles. The molecule has 0 radical (unpaired) electrons. The minimum atomic E-state index is 0.00157. The van der Waals surface area contributed by atoms with Crippen molar-refractivity contribution in [1.29, 1.82) is 0 Å². The Morgan fingerprint density at radius 2 is 1.80 bits per heavy atom. The Bertz CT molecular complexity index is 156. The van der Waals surface area contributed by atoms with Crippen LogP contribution in [0, 0.1) is 0 Å². The van der Waals surface area contributed by atoms with Gasteiger partial charge in [0.1, 0.15) is 5.72 Å². The molecule has 0 aromatic heterocycles. The molecule has 0 aliphatic carbocycles. The van der Waals surface area contributed by atoms with E-state index in [0.717, 1.165) is 19.4 Å². The van der Waals surface area contributed by atoms with E-state index >= 15 is 0 Å². The van der Waals surface area contributed by atoms with E-state index in [4.69, 9.17) is 4.74 Å². The monoisotopic (exact) mass is 213 g/mol. The summed E-state index contributed by atoms with van der Waals surface area (Å²) in [7, 11) is 0. The van der Waals surface area contributed by atoms with Gasteiger partial charge in [0.2, 0.25) is 0 Å². The molecule has 90 valence electrons. The molecule has 0 amide bonds. The zero-order valence-corrected chi connectivity index (χ0v) is 10.6. The lowest BCUT2D eigenvalue weighted by Gasteiger charge is -2.42. The Balaban J connectivity index is 2.53. The van der Waals surface area contributed by atoms with Gasteiger partial charge in [-0.25, -0.2) is 0 Å². The number of nitrogens with one attached hydrogen (secondary N) is 1. The van der Waals surface area contributed by atoms with Crippen LogP contribution in [0.2, 0.25) is 0 Å². The van der Waals surface area contributed by atoms with Gasteiger partial charge < -0.3 is 4.74 Å². The number of hydrogen-bond acceptors (Lipinski definition) is 2. The molecule has 1 aliphatic heterocycles. The molecule has 15 heavy (non-hydrogen) atoms. The standard InChI is InChI=1S/C13H27NO/c1-4-7-12-8-11-14-13(15-12,9-5-2)10-6-3/h12,14H,4-11H2,1-3H3. The van der Waals surface area contributed by atoms with E-state index in [2.05, 4.69) is 26.1 Å². The third kappa shape index (κ3) is 3.76. The molecule has 0 aromatic carbocycles. The average Bonchev–Trinajstić information content (AvgIpc) is 2.19. The number of ether oxygens (including phenoxy) is 1. The van der Waals surface area contributed by atoms with Crippen molar-refractivity contribution in [1.82, 2.24) is 5.32 Å². The summed E-state index contributed by atoms with van der Waals surface area (Å²) in [5, 5.41) is 3.60. The summed E-state index contributed by atoms with van der Waals surface area (Å²) in [5.74, 6) is 0. The predicted molar refractivity (Wildman–Crippen MR) is 64.9 cm³/mol. The van der Waals surface area contributed by atoms with Gasteiger partial charge in [-0.05, 0) is 25.7 Å². The van der Waals surface area contributed by atoms with Crippen LogP contribution in [0.5, 0.6) is 0 Å². The molecule has 0 spiro atoms. The molecule has 0 aromatic rings. The van der Waals surface area contributed by atoms with Crippen molar-refractivity contribution < 1.29 is 4.74 Å². The number of rotatable bonds is 6. The molecule has 1 rings (SSSR count). The normalized spacial score (nSPS) is 25.4. The zero-order valence-electron chi connectivity index (χ0n) is 10.6. The molecule has 1 unspecified atom stereocenters. The predicted octanol–water partition coefficient (Wildman–Crippen LogP) is 3.46. The lowest BCUT2D eigenvalue weighted by Crippen LogP contribution is -2.54. The van der Waals surface area contributed by atoms with Gasteiger partial charge >= 0.3 is 0 Å². The zero-order chi connectivity index (χ0) is 11.1. The third-order valence-corrected chi connectivity index (χ3v) is 3.22. The third-order valence-electron chi connectivity index (χ3n) is 3.22. The second-order valence-corrected chi connectivity index (χ2v) is 4.74. The minimum absolute atomic E-state index is 0.00157. The van der Waals surface area contributed by atoms with Gasteiger partial charge in [-0.15, -0.1) is 0 Å². The van der Waals surface area contributed by atoms with Crippen molar-refractivity contribution in [2.75, 3.05) is 6.54 Å².